The molecular formula is C18H15N3O3S. The number of hydrogen-bond donors (Lipinski definition) is 3. The largest absolute Gasteiger partial charge is 0.494 e. The van der Waals surface area contributed by atoms with Gasteiger partial charge < -0.3 is 10.8 Å². The van der Waals surface area contributed by atoms with Crippen molar-refractivity contribution in [1.82, 2.24) is 4.98 Å². The van der Waals surface area contributed by atoms with Crippen LogP contribution in [0.4, 0.5) is 5.00 Å². The fourth-order valence-corrected chi connectivity index (χ4v) is 4.51. The number of rotatable bonds is 3. The van der Waals surface area contributed by atoms with E-state index in [1.165, 1.54) is 17.6 Å². The fourth-order valence-electron chi connectivity index (χ4n) is 3.27. The zero-order valence-corrected chi connectivity index (χ0v) is 14.0. The van der Waals surface area contributed by atoms with Crippen LogP contribution in [0.25, 0.3) is 10.8 Å². The van der Waals surface area contributed by atoms with Gasteiger partial charge in [-0.25, -0.2) is 4.99 Å². The predicted octanol–water partition coefficient (Wildman–Crippen LogP) is 2.63. The van der Waals surface area contributed by atoms with E-state index in [0.29, 0.717) is 26.9 Å². The molecule has 0 bridgehead atoms. The number of thiophene rings is 1. The number of aromatic hydroxyl groups is 1. The van der Waals surface area contributed by atoms with Gasteiger partial charge in [0.1, 0.15) is 5.00 Å². The maximum Gasteiger partial charge on any atom is 0.258 e. The first kappa shape index (κ1) is 15.6. The number of nitrogens with zero attached hydrogens (tertiary/aromatic N) is 1. The van der Waals surface area contributed by atoms with Crippen LogP contribution in [0.5, 0.6) is 5.88 Å². The molecule has 0 spiro atoms. The van der Waals surface area contributed by atoms with Crippen LogP contribution < -0.4 is 11.3 Å². The van der Waals surface area contributed by atoms with Gasteiger partial charge in [-0.05, 0) is 30.9 Å². The molecule has 0 aliphatic heterocycles. The number of carbonyl (C=O) groups is 1. The molecule has 0 radical (unpaired) electrons. The van der Waals surface area contributed by atoms with Crippen LogP contribution in [0.2, 0.25) is 0 Å². The minimum Gasteiger partial charge on any atom is -0.494 e. The van der Waals surface area contributed by atoms with E-state index < -0.39 is 5.91 Å². The summed E-state index contributed by atoms with van der Waals surface area (Å²) in [4.78, 5) is 31.8. The molecule has 126 valence electrons. The van der Waals surface area contributed by atoms with E-state index in [1.54, 1.807) is 24.3 Å². The van der Waals surface area contributed by atoms with Gasteiger partial charge in [0.05, 0.1) is 11.1 Å². The van der Waals surface area contributed by atoms with Gasteiger partial charge in [-0.3, -0.25) is 14.6 Å². The number of H-pyrrole nitrogens is 1. The first-order valence-corrected chi connectivity index (χ1v) is 8.70. The highest BCUT2D eigenvalue weighted by molar-refractivity contribution is 7.16. The second-order valence-corrected chi connectivity index (χ2v) is 7.01. The summed E-state index contributed by atoms with van der Waals surface area (Å²) >= 11 is 1.46. The number of hydrogen-bond acceptors (Lipinski definition) is 5. The average molecular weight is 353 g/mol. The van der Waals surface area contributed by atoms with Gasteiger partial charge in [-0.2, -0.15) is 0 Å². The second kappa shape index (κ2) is 5.86. The van der Waals surface area contributed by atoms with Gasteiger partial charge in [0.2, 0.25) is 5.88 Å². The molecule has 1 aliphatic rings. The van der Waals surface area contributed by atoms with Crippen LogP contribution in [0, 0.1) is 0 Å². The van der Waals surface area contributed by atoms with E-state index in [2.05, 4.69) is 9.98 Å². The highest BCUT2D eigenvalue weighted by Crippen LogP contribution is 2.40. The summed E-state index contributed by atoms with van der Waals surface area (Å²) < 4.78 is 0. The van der Waals surface area contributed by atoms with E-state index in [1.807, 2.05) is 0 Å². The molecule has 1 aliphatic carbocycles. The van der Waals surface area contributed by atoms with E-state index in [9.17, 15) is 14.7 Å². The van der Waals surface area contributed by atoms with Crippen LogP contribution in [0.1, 0.15) is 32.8 Å². The molecule has 2 heterocycles. The third-order valence-electron chi connectivity index (χ3n) is 4.41. The second-order valence-electron chi connectivity index (χ2n) is 5.92. The molecule has 7 heteroatoms. The fraction of sp³-hybridized carbons (Fsp3) is 0.167. The first-order valence-electron chi connectivity index (χ1n) is 7.88. The van der Waals surface area contributed by atoms with Gasteiger partial charge in [-0.1, -0.05) is 18.2 Å². The SMILES string of the molecule is NC(=O)c1c(/N=C/c2c(O)[nH]c(=O)c3ccccc23)sc2c1CCC2. The highest BCUT2D eigenvalue weighted by Gasteiger charge is 2.25. The van der Waals surface area contributed by atoms with Gasteiger partial charge in [0.25, 0.3) is 11.5 Å². The Bertz CT molecular complexity index is 1090. The molecule has 25 heavy (non-hydrogen) atoms. The lowest BCUT2D eigenvalue weighted by atomic mass is 10.1. The van der Waals surface area contributed by atoms with Crippen LogP contribution in [-0.2, 0) is 12.8 Å². The summed E-state index contributed by atoms with van der Waals surface area (Å²) in [6.07, 6.45) is 4.27. The summed E-state index contributed by atoms with van der Waals surface area (Å²) in [5.41, 5.74) is 7.05. The number of primary amides is 1. The number of aromatic amines is 1. The van der Waals surface area contributed by atoms with E-state index in [0.717, 1.165) is 29.7 Å². The zero-order chi connectivity index (χ0) is 17.6. The monoisotopic (exact) mass is 353 g/mol. The number of carbonyl (C=O) groups excluding carboxylic acids is 1. The first-order chi connectivity index (χ1) is 12.1. The molecule has 3 aromatic rings. The van der Waals surface area contributed by atoms with Crippen LogP contribution in [0.3, 0.4) is 0 Å². The number of amides is 1. The molecule has 4 N–H and O–H groups in total. The zero-order valence-electron chi connectivity index (χ0n) is 13.2. The molecule has 0 atom stereocenters. The summed E-state index contributed by atoms with van der Waals surface area (Å²) in [6, 6.07) is 6.96. The van der Waals surface area contributed by atoms with Crippen LogP contribution in [-0.4, -0.2) is 22.2 Å². The van der Waals surface area contributed by atoms with Crippen molar-refractivity contribution in [2.45, 2.75) is 19.3 Å². The minimum absolute atomic E-state index is 0.253. The van der Waals surface area contributed by atoms with E-state index in [-0.39, 0.29) is 11.4 Å². The molecule has 0 fully saturated rings. The Morgan fingerprint density at radius 1 is 1.28 bits per heavy atom. The van der Waals surface area contributed by atoms with E-state index >= 15 is 0 Å². The lowest BCUT2D eigenvalue weighted by Gasteiger charge is -2.04. The maximum absolute atomic E-state index is 11.9. The van der Waals surface area contributed by atoms with Crippen molar-refractivity contribution in [3.63, 3.8) is 0 Å². The molecule has 1 amide bonds. The van der Waals surface area contributed by atoms with Crippen LogP contribution >= 0.6 is 11.3 Å². The molecule has 4 rings (SSSR count). The number of fused-ring (bicyclic) bond motifs is 2. The average Bonchev–Trinajstić information content (AvgIpc) is 3.14. The molecule has 0 unspecified atom stereocenters. The van der Waals surface area contributed by atoms with Crippen molar-refractivity contribution in [2.75, 3.05) is 0 Å². The summed E-state index contributed by atoms with van der Waals surface area (Å²) in [7, 11) is 0. The van der Waals surface area contributed by atoms with Crippen molar-refractivity contribution in [3.8, 4) is 5.88 Å². The molecule has 2 aromatic heterocycles. The van der Waals surface area contributed by atoms with E-state index in [4.69, 9.17) is 5.73 Å². The normalized spacial score (nSPS) is 13.6. The standard InChI is InChI=1S/C18H15N3O3S/c19-15(22)14-11-6-3-7-13(11)25-18(14)20-8-12-9-4-1-2-5-10(9)16(23)21-17(12)24/h1-2,4-5,8H,3,6-7H2,(H2,19,22)(H2,21,23,24)/b20-8+. The molecule has 1 aromatic carbocycles. The Morgan fingerprint density at radius 3 is 2.80 bits per heavy atom. The Hall–Kier alpha value is -2.93. The number of benzene rings is 1. The summed E-state index contributed by atoms with van der Waals surface area (Å²) in [6.45, 7) is 0. The van der Waals surface area contributed by atoms with Gasteiger partial charge in [-0.15, -0.1) is 11.3 Å². The Kier molecular flexibility index (Phi) is 3.65. The predicted molar refractivity (Wildman–Crippen MR) is 98.3 cm³/mol. The van der Waals surface area contributed by atoms with Crippen molar-refractivity contribution in [1.29, 1.82) is 0 Å². The number of nitrogens with one attached hydrogen (secondary N) is 1. The number of aliphatic imine (C=N–C) groups is 1. The van der Waals surface area contributed by atoms with Gasteiger partial charge >= 0.3 is 0 Å². The van der Waals surface area contributed by atoms with Crippen molar-refractivity contribution >= 4 is 39.2 Å². The Balaban J connectivity index is 1.86. The summed E-state index contributed by atoms with van der Waals surface area (Å²) in [5.74, 6) is -0.737. The van der Waals surface area contributed by atoms with Crippen molar-refractivity contribution < 1.29 is 9.90 Å². The number of pyridine rings is 1. The maximum atomic E-state index is 11.9. The molecule has 0 saturated carbocycles. The van der Waals surface area contributed by atoms with Gasteiger partial charge in [0.15, 0.2) is 0 Å². The Labute approximate surface area is 146 Å². The smallest absolute Gasteiger partial charge is 0.258 e. The lowest BCUT2D eigenvalue weighted by Crippen LogP contribution is -2.12. The molecular weight excluding hydrogens is 338 g/mol. The minimum atomic E-state index is -0.484. The summed E-state index contributed by atoms with van der Waals surface area (Å²) in [5, 5.41) is 11.7. The lowest BCUT2D eigenvalue weighted by molar-refractivity contribution is 0.100. The van der Waals surface area contributed by atoms with Crippen LogP contribution in [0.15, 0.2) is 34.1 Å². The number of aryl methyl sites for hydroxylation is 1. The Morgan fingerprint density at radius 2 is 2.04 bits per heavy atom. The van der Waals surface area contributed by atoms with Crippen molar-refractivity contribution in [3.05, 3.63) is 56.2 Å². The third kappa shape index (κ3) is 2.53. The number of nitrogens with two attached hydrogens (primary N) is 1. The number of aromatic nitrogens is 1. The van der Waals surface area contributed by atoms with Crippen molar-refractivity contribution in [2.24, 2.45) is 10.7 Å². The topological polar surface area (TPSA) is 109 Å². The highest BCUT2D eigenvalue weighted by atomic mass is 32.1. The quantitative estimate of drug-likeness (QED) is 0.630. The molecule has 6 nitrogen and oxygen atoms in total. The van der Waals surface area contributed by atoms with Gasteiger partial charge in [0, 0.05) is 21.9 Å². The molecule has 0 saturated heterocycles. The third-order valence-corrected chi connectivity index (χ3v) is 5.61.